The van der Waals surface area contributed by atoms with E-state index in [1.807, 2.05) is 30.6 Å². The summed E-state index contributed by atoms with van der Waals surface area (Å²) < 4.78 is 14.0. The smallest absolute Gasteiger partial charge is 0.128 e. The van der Waals surface area contributed by atoms with Crippen LogP contribution in [0.25, 0.3) is 0 Å². The Bertz CT molecular complexity index is 595. The maximum absolute atomic E-state index is 14.0. The highest BCUT2D eigenvalue weighted by atomic mass is 19.1. The first-order valence-corrected chi connectivity index (χ1v) is 7.17. The van der Waals surface area contributed by atoms with Gasteiger partial charge in [0.15, 0.2) is 0 Å². The minimum Gasteiger partial charge on any atom is -0.371 e. The van der Waals surface area contributed by atoms with Gasteiger partial charge in [-0.15, -0.1) is 0 Å². The molecule has 20 heavy (non-hydrogen) atoms. The van der Waals surface area contributed by atoms with E-state index in [4.69, 9.17) is 0 Å². The summed E-state index contributed by atoms with van der Waals surface area (Å²) in [6, 6.07) is 7.58. The van der Waals surface area contributed by atoms with Crippen LogP contribution in [0.4, 0.5) is 10.1 Å². The van der Waals surface area contributed by atoms with Crippen molar-refractivity contribution in [2.75, 3.05) is 18.0 Å². The van der Waals surface area contributed by atoms with Crippen molar-refractivity contribution in [2.45, 2.75) is 26.2 Å². The topological polar surface area (TPSA) is 16.1 Å². The van der Waals surface area contributed by atoms with E-state index in [9.17, 15) is 4.39 Å². The van der Waals surface area contributed by atoms with E-state index >= 15 is 0 Å². The summed E-state index contributed by atoms with van der Waals surface area (Å²) in [6.07, 6.45) is 6.50. The molecule has 0 saturated heterocycles. The predicted molar refractivity (Wildman–Crippen MR) is 79.6 cm³/mol. The number of nitrogens with zero attached hydrogens (tertiary/aromatic N) is 2. The summed E-state index contributed by atoms with van der Waals surface area (Å²) in [5.74, 6) is -0.0563. The van der Waals surface area contributed by atoms with Crippen LogP contribution in [0.3, 0.4) is 0 Å². The van der Waals surface area contributed by atoms with Crippen LogP contribution in [0.1, 0.15) is 23.1 Å². The summed E-state index contributed by atoms with van der Waals surface area (Å²) in [5.41, 5.74) is 4.47. The molecule has 1 aromatic heterocycles. The van der Waals surface area contributed by atoms with Gasteiger partial charge in [0.2, 0.25) is 0 Å². The molecule has 3 heteroatoms. The van der Waals surface area contributed by atoms with Crippen molar-refractivity contribution in [2.24, 2.45) is 0 Å². The first-order valence-electron chi connectivity index (χ1n) is 7.17. The Labute approximate surface area is 119 Å². The average Bonchev–Trinajstić information content (AvgIpc) is 2.50. The SMILES string of the molecule is Cc1ccc(F)c2c1N(CCc1ccncc1)CCC2. The van der Waals surface area contributed by atoms with E-state index in [1.54, 1.807) is 6.07 Å². The van der Waals surface area contributed by atoms with Crippen molar-refractivity contribution in [3.8, 4) is 0 Å². The molecule has 0 aliphatic carbocycles. The number of aryl methyl sites for hydroxylation is 1. The molecular formula is C17H19FN2. The zero-order valence-electron chi connectivity index (χ0n) is 11.8. The van der Waals surface area contributed by atoms with E-state index in [1.165, 1.54) is 11.1 Å². The fourth-order valence-electron chi connectivity index (χ4n) is 3.00. The van der Waals surface area contributed by atoms with Gasteiger partial charge < -0.3 is 4.90 Å². The van der Waals surface area contributed by atoms with Crippen molar-refractivity contribution < 1.29 is 4.39 Å². The second-order valence-electron chi connectivity index (χ2n) is 5.39. The molecule has 2 nitrogen and oxygen atoms in total. The number of hydrogen-bond acceptors (Lipinski definition) is 2. The Kier molecular flexibility index (Phi) is 3.68. The fourth-order valence-corrected chi connectivity index (χ4v) is 3.00. The summed E-state index contributed by atoms with van der Waals surface area (Å²) in [5, 5.41) is 0. The average molecular weight is 270 g/mol. The van der Waals surface area contributed by atoms with Crippen LogP contribution in [0.2, 0.25) is 0 Å². The molecule has 0 bridgehead atoms. The number of pyridine rings is 1. The maximum Gasteiger partial charge on any atom is 0.128 e. The number of benzene rings is 1. The van der Waals surface area contributed by atoms with Crippen LogP contribution >= 0.6 is 0 Å². The molecule has 2 aromatic rings. The molecular weight excluding hydrogens is 251 g/mol. The molecule has 0 radical (unpaired) electrons. The molecule has 0 spiro atoms. The molecule has 0 saturated carbocycles. The number of fused-ring (bicyclic) bond motifs is 1. The summed E-state index contributed by atoms with van der Waals surface area (Å²) in [4.78, 5) is 6.37. The molecule has 0 N–H and O–H groups in total. The van der Waals surface area contributed by atoms with Crippen molar-refractivity contribution >= 4 is 5.69 Å². The third-order valence-electron chi connectivity index (χ3n) is 4.02. The van der Waals surface area contributed by atoms with Gasteiger partial charge in [0, 0.05) is 36.7 Å². The zero-order valence-corrected chi connectivity index (χ0v) is 11.8. The lowest BCUT2D eigenvalue weighted by molar-refractivity contribution is 0.586. The monoisotopic (exact) mass is 270 g/mol. The second-order valence-corrected chi connectivity index (χ2v) is 5.39. The number of hydrogen-bond donors (Lipinski definition) is 0. The number of rotatable bonds is 3. The summed E-state index contributed by atoms with van der Waals surface area (Å²) in [6.45, 7) is 4.02. The largest absolute Gasteiger partial charge is 0.371 e. The summed E-state index contributed by atoms with van der Waals surface area (Å²) >= 11 is 0. The van der Waals surface area contributed by atoms with Gasteiger partial charge in [0.25, 0.3) is 0 Å². The van der Waals surface area contributed by atoms with Gasteiger partial charge in [-0.1, -0.05) is 6.07 Å². The molecule has 2 heterocycles. The Morgan fingerprint density at radius 2 is 2.00 bits per heavy atom. The highest BCUT2D eigenvalue weighted by Crippen LogP contribution is 2.32. The molecule has 3 rings (SSSR count). The highest BCUT2D eigenvalue weighted by Gasteiger charge is 2.21. The second kappa shape index (κ2) is 5.61. The fraction of sp³-hybridized carbons (Fsp3) is 0.353. The van der Waals surface area contributed by atoms with Crippen LogP contribution in [0.15, 0.2) is 36.7 Å². The standard InChI is InChI=1S/C17H19FN2/c1-13-4-5-16(18)15-3-2-11-20(17(13)15)12-8-14-6-9-19-10-7-14/h4-7,9-10H,2-3,8,11-12H2,1H3. The molecule has 1 aliphatic heterocycles. The van der Waals surface area contributed by atoms with Crippen LogP contribution in [-0.2, 0) is 12.8 Å². The minimum atomic E-state index is -0.0563. The number of anilines is 1. The van der Waals surface area contributed by atoms with Crippen LogP contribution in [-0.4, -0.2) is 18.1 Å². The Morgan fingerprint density at radius 3 is 2.80 bits per heavy atom. The lowest BCUT2D eigenvalue weighted by Crippen LogP contribution is -2.32. The number of aromatic nitrogens is 1. The van der Waals surface area contributed by atoms with Gasteiger partial charge in [0.05, 0.1) is 0 Å². The van der Waals surface area contributed by atoms with E-state index < -0.39 is 0 Å². The zero-order chi connectivity index (χ0) is 13.9. The van der Waals surface area contributed by atoms with Crippen LogP contribution in [0.5, 0.6) is 0 Å². The van der Waals surface area contributed by atoms with Gasteiger partial charge in [0.1, 0.15) is 5.82 Å². The van der Waals surface area contributed by atoms with Crippen molar-refractivity contribution in [3.63, 3.8) is 0 Å². The summed E-state index contributed by atoms with van der Waals surface area (Å²) in [7, 11) is 0. The normalized spacial score (nSPS) is 14.2. The molecule has 1 aromatic carbocycles. The third-order valence-corrected chi connectivity index (χ3v) is 4.02. The predicted octanol–water partition coefficient (Wildman–Crippen LogP) is 3.52. The van der Waals surface area contributed by atoms with Crippen LogP contribution in [0, 0.1) is 12.7 Å². The molecule has 1 aliphatic rings. The number of halogens is 1. The van der Waals surface area contributed by atoms with Gasteiger partial charge in [-0.2, -0.15) is 0 Å². The molecule has 0 amide bonds. The van der Waals surface area contributed by atoms with Crippen molar-refractivity contribution in [3.05, 3.63) is 59.2 Å². The van der Waals surface area contributed by atoms with Crippen LogP contribution < -0.4 is 4.90 Å². The molecule has 0 unspecified atom stereocenters. The molecule has 0 atom stereocenters. The Morgan fingerprint density at radius 1 is 1.20 bits per heavy atom. The van der Waals surface area contributed by atoms with Gasteiger partial charge >= 0.3 is 0 Å². The minimum absolute atomic E-state index is 0.0563. The van der Waals surface area contributed by atoms with E-state index in [2.05, 4.69) is 16.8 Å². The first kappa shape index (κ1) is 13.1. The van der Waals surface area contributed by atoms with E-state index in [0.29, 0.717) is 0 Å². The van der Waals surface area contributed by atoms with Gasteiger partial charge in [-0.25, -0.2) is 4.39 Å². The Hall–Kier alpha value is -1.90. The molecule has 104 valence electrons. The lowest BCUT2D eigenvalue weighted by Gasteiger charge is -2.33. The van der Waals surface area contributed by atoms with Gasteiger partial charge in [-0.05, 0) is 55.5 Å². The maximum atomic E-state index is 14.0. The quantitative estimate of drug-likeness (QED) is 0.848. The first-order chi connectivity index (χ1) is 9.75. The van der Waals surface area contributed by atoms with Crippen molar-refractivity contribution in [1.29, 1.82) is 0 Å². The lowest BCUT2D eigenvalue weighted by atomic mass is 9.97. The van der Waals surface area contributed by atoms with Crippen molar-refractivity contribution in [1.82, 2.24) is 4.98 Å². The molecule has 0 fully saturated rings. The van der Waals surface area contributed by atoms with E-state index in [-0.39, 0.29) is 5.82 Å². The van der Waals surface area contributed by atoms with E-state index in [0.717, 1.165) is 43.6 Å². The Balaban J connectivity index is 1.82. The van der Waals surface area contributed by atoms with Gasteiger partial charge in [-0.3, -0.25) is 4.98 Å². The highest BCUT2D eigenvalue weighted by molar-refractivity contribution is 5.61. The third kappa shape index (κ3) is 2.53.